The summed E-state index contributed by atoms with van der Waals surface area (Å²) in [7, 11) is 0. The maximum atomic E-state index is 9.99. The van der Waals surface area contributed by atoms with Crippen molar-refractivity contribution >= 4 is 0 Å². The molecule has 0 radical (unpaired) electrons. The Morgan fingerprint density at radius 1 is 1.46 bits per heavy atom. The van der Waals surface area contributed by atoms with Crippen LogP contribution in [-0.2, 0) is 5.60 Å². The standard InChI is InChI=1S/C10H14N2O/c1-7-3-9(4-12-8(7)2)10(13)5-11-6-10/h3-4,11,13H,5-6H2,1-2H3. The van der Waals surface area contributed by atoms with E-state index in [4.69, 9.17) is 0 Å². The summed E-state index contributed by atoms with van der Waals surface area (Å²) in [5, 5.41) is 13.1. The molecule has 3 heteroatoms. The van der Waals surface area contributed by atoms with Gasteiger partial charge in [0.15, 0.2) is 0 Å². The molecule has 2 N–H and O–H groups in total. The van der Waals surface area contributed by atoms with E-state index in [0.717, 1.165) is 16.8 Å². The molecule has 1 aliphatic heterocycles. The highest BCUT2D eigenvalue weighted by atomic mass is 16.3. The lowest BCUT2D eigenvalue weighted by Gasteiger charge is -2.37. The summed E-state index contributed by atoms with van der Waals surface area (Å²) < 4.78 is 0. The quantitative estimate of drug-likeness (QED) is 0.658. The first-order valence-corrected chi connectivity index (χ1v) is 4.49. The maximum absolute atomic E-state index is 9.99. The molecule has 0 amide bonds. The number of aromatic nitrogens is 1. The molecule has 1 aromatic rings. The van der Waals surface area contributed by atoms with Crippen molar-refractivity contribution in [2.45, 2.75) is 19.4 Å². The van der Waals surface area contributed by atoms with E-state index in [-0.39, 0.29) is 0 Å². The van der Waals surface area contributed by atoms with E-state index in [1.165, 1.54) is 0 Å². The number of β-amino-alcohol motifs (C(OH)–C–C–N with tert-alkyl or cyclic N) is 1. The molecule has 0 aliphatic carbocycles. The van der Waals surface area contributed by atoms with Gasteiger partial charge in [-0.2, -0.15) is 0 Å². The molecule has 1 saturated heterocycles. The number of hydrogen-bond acceptors (Lipinski definition) is 3. The fraction of sp³-hybridized carbons (Fsp3) is 0.500. The molecule has 0 aromatic carbocycles. The van der Waals surface area contributed by atoms with Crippen molar-refractivity contribution in [3.8, 4) is 0 Å². The molecule has 70 valence electrons. The summed E-state index contributed by atoms with van der Waals surface area (Å²) in [5.41, 5.74) is 2.41. The average Bonchev–Trinajstić information content (AvgIpc) is 2.06. The fourth-order valence-electron chi connectivity index (χ4n) is 1.46. The first kappa shape index (κ1) is 8.66. The normalized spacial score (nSPS) is 19.6. The minimum Gasteiger partial charge on any atom is -0.382 e. The lowest BCUT2D eigenvalue weighted by molar-refractivity contribution is -0.0150. The number of rotatable bonds is 1. The molecule has 1 aliphatic rings. The Balaban J connectivity index is 2.36. The van der Waals surface area contributed by atoms with Crippen molar-refractivity contribution in [1.82, 2.24) is 10.3 Å². The lowest BCUT2D eigenvalue weighted by Crippen LogP contribution is -2.56. The Bertz CT molecular complexity index is 332. The summed E-state index contributed by atoms with van der Waals surface area (Å²) in [4.78, 5) is 4.24. The number of nitrogens with zero attached hydrogens (tertiary/aromatic N) is 1. The number of pyridine rings is 1. The zero-order valence-corrected chi connectivity index (χ0v) is 7.96. The first-order valence-electron chi connectivity index (χ1n) is 4.49. The number of aliphatic hydroxyl groups is 1. The van der Waals surface area contributed by atoms with Crippen molar-refractivity contribution in [1.29, 1.82) is 0 Å². The molecule has 2 heterocycles. The Hall–Kier alpha value is -0.930. The van der Waals surface area contributed by atoms with Crippen LogP contribution in [0.3, 0.4) is 0 Å². The van der Waals surface area contributed by atoms with Crippen LogP contribution in [0, 0.1) is 13.8 Å². The predicted octanol–water partition coefficient (Wildman–Crippen LogP) is 0.489. The second-order valence-corrected chi connectivity index (χ2v) is 3.76. The van der Waals surface area contributed by atoms with E-state index in [9.17, 15) is 5.11 Å². The van der Waals surface area contributed by atoms with Gasteiger partial charge >= 0.3 is 0 Å². The van der Waals surface area contributed by atoms with Crippen LogP contribution in [0.5, 0.6) is 0 Å². The van der Waals surface area contributed by atoms with Crippen LogP contribution >= 0.6 is 0 Å². The minimum atomic E-state index is -0.675. The fourth-order valence-corrected chi connectivity index (χ4v) is 1.46. The van der Waals surface area contributed by atoms with Crippen LogP contribution in [0.15, 0.2) is 12.3 Å². The van der Waals surface area contributed by atoms with Crippen LogP contribution in [0.25, 0.3) is 0 Å². The average molecular weight is 178 g/mol. The smallest absolute Gasteiger partial charge is 0.116 e. The van der Waals surface area contributed by atoms with Crippen LogP contribution in [-0.4, -0.2) is 23.2 Å². The van der Waals surface area contributed by atoms with Gasteiger partial charge in [0.1, 0.15) is 5.60 Å². The van der Waals surface area contributed by atoms with Crippen molar-refractivity contribution < 1.29 is 5.11 Å². The molecule has 1 aromatic heterocycles. The maximum Gasteiger partial charge on any atom is 0.116 e. The zero-order chi connectivity index (χ0) is 9.47. The highest BCUT2D eigenvalue weighted by molar-refractivity contribution is 5.29. The molecule has 0 saturated carbocycles. The Morgan fingerprint density at radius 3 is 2.62 bits per heavy atom. The molecular formula is C10H14N2O. The van der Waals surface area contributed by atoms with Gasteiger partial charge < -0.3 is 10.4 Å². The van der Waals surface area contributed by atoms with Crippen molar-refractivity contribution in [2.24, 2.45) is 0 Å². The monoisotopic (exact) mass is 178 g/mol. The van der Waals surface area contributed by atoms with Gasteiger partial charge in [-0.1, -0.05) is 0 Å². The minimum absolute atomic E-state index is 0.636. The summed E-state index contributed by atoms with van der Waals surface area (Å²) in [5.74, 6) is 0. The van der Waals surface area contributed by atoms with Gasteiger partial charge in [0.2, 0.25) is 0 Å². The molecular weight excluding hydrogens is 164 g/mol. The van der Waals surface area contributed by atoms with Crippen LogP contribution in [0.4, 0.5) is 0 Å². The molecule has 2 rings (SSSR count). The van der Waals surface area contributed by atoms with Crippen LogP contribution in [0.2, 0.25) is 0 Å². The summed E-state index contributed by atoms with van der Waals surface area (Å²) in [6.07, 6.45) is 1.77. The molecule has 1 fully saturated rings. The van der Waals surface area contributed by atoms with E-state index in [1.807, 2.05) is 19.9 Å². The summed E-state index contributed by atoms with van der Waals surface area (Å²) in [6, 6.07) is 2.02. The third-order valence-corrected chi connectivity index (χ3v) is 2.71. The second-order valence-electron chi connectivity index (χ2n) is 3.76. The van der Waals surface area contributed by atoms with Crippen molar-refractivity contribution in [3.05, 3.63) is 29.1 Å². The second kappa shape index (κ2) is 2.79. The van der Waals surface area contributed by atoms with Gasteiger partial charge in [-0.05, 0) is 25.5 Å². The van der Waals surface area contributed by atoms with Crippen LogP contribution < -0.4 is 5.32 Å². The third kappa shape index (κ3) is 1.34. The zero-order valence-electron chi connectivity index (χ0n) is 7.96. The first-order chi connectivity index (χ1) is 6.12. The molecule has 0 bridgehead atoms. The SMILES string of the molecule is Cc1cc(C2(O)CNC2)cnc1C. The Kier molecular flexibility index (Phi) is 1.86. The van der Waals surface area contributed by atoms with Crippen LogP contribution in [0.1, 0.15) is 16.8 Å². The largest absolute Gasteiger partial charge is 0.382 e. The highest BCUT2D eigenvalue weighted by Gasteiger charge is 2.36. The van der Waals surface area contributed by atoms with Gasteiger partial charge in [-0.25, -0.2) is 0 Å². The number of nitrogens with one attached hydrogen (secondary N) is 1. The summed E-state index contributed by atoms with van der Waals surface area (Å²) in [6.45, 7) is 5.26. The van der Waals surface area contributed by atoms with E-state index < -0.39 is 5.60 Å². The van der Waals surface area contributed by atoms with Crippen molar-refractivity contribution in [2.75, 3.05) is 13.1 Å². The molecule has 0 unspecified atom stereocenters. The number of aryl methyl sites for hydroxylation is 2. The Labute approximate surface area is 77.8 Å². The molecule has 13 heavy (non-hydrogen) atoms. The van der Waals surface area contributed by atoms with Crippen molar-refractivity contribution in [3.63, 3.8) is 0 Å². The number of hydrogen-bond donors (Lipinski definition) is 2. The lowest BCUT2D eigenvalue weighted by atomic mass is 9.88. The van der Waals surface area contributed by atoms with Gasteiger partial charge in [0.25, 0.3) is 0 Å². The van der Waals surface area contributed by atoms with E-state index in [1.54, 1.807) is 6.20 Å². The highest BCUT2D eigenvalue weighted by Crippen LogP contribution is 2.25. The molecule has 0 atom stereocenters. The van der Waals surface area contributed by atoms with Gasteiger partial charge in [0.05, 0.1) is 0 Å². The third-order valence-electron chi connectivity index (χ3n) is 2.71. The molecule has 0 spiro atoms. The predicted molar refractivity (Wildman–Crippen MR) is 50.5 cm³/mol. The van der Waals surface area contributed by atoms with E-state index >= 15 is 0 Å². The molecule has 3 nitrogen and oxygen atoms in total. The van der Waals surface area contributed by atoms with Gasteiger partial charge in [-0.3, -0.25) is 4.98 Å². The topological polar surface area (TPSA) is 45.1 Å². The Morgan fingerprint density at radius 2 is 2.15 bits per heavy atom. The van der Waals surface area contributed by atoms with E-state index in [0.29, 0.717) is 13.1 Å². The van der Waals surface area contributed by atoms with Gasteiger partial charge in [-0.15, -0.1) is 0 Å². The van der Waals surface area contributed by atoms with Gasteiger partial charge in [0, 0.05) is 30.5 Å². The van der Waals surface area contributed by atoms with E-state index in [2.05, 4.69) is 10.3 Å². The summed E-state index contributed by atoms with van der Waals surface area (Å²) >= 11 is 0.